The van der Waals surface area contributed by atoms with Gasteiger partial charge in [-0.05, 0) is 54.5 Å². The molecule has 1 aliphatic heterocycles. The number of carbonyl (C=O) groups is 1. The largest absolute Gasteiger partial charge is 0.493 e. The van der Waals surface area contributed by atoms with Crippen LogP contribution >= 0.6 is 27.5 Å². The zero-order valence-electron chi connectivity index (χ0n) is 17.4. The van der Waals surface area contributed by atoms with Crippen LogP contribution in [0.5, 0.6) is 11.5 Å². The van der Waals surface area contributed by atoms with Gasteiger partial charge in [-0.1, -0.05) is 63.4 Å². The van der Waals surface area contributed by atoms with Gasteiger partial charge in [0.15, 0.2) is 17.2 Å². The van der Waals surface area contributed by atoms with Crippen LogP contribution in [0.4, 0.5) is 0 Å². The molecule has 0 fully saturated rings. The summed E-state index contributed by atoms with van der Waals surface area (Å²) < 4.78 is 17.6. The lowest BCUT2D eigenvalue weighted by Crippen LogP contribution is -2.05. The third kappa shape index (κ3) is 5.03. The number of aliphatic imine (C=N–C) groups is 1. The van der Waals surface area contributed by atoms with E-state index in [1.807, 2.05) is 55.5 Å². The Morgan fingerprint density at radius 1 is 1.12 bits per heavy atom. The van der Waals surface area contributed by atoms with Crippen LogP contribution in [-0.2, 0) is 16.1 Å². The average molecular weight is 513 g/mol. The Morgan fingerprint density at radius 2 is 1.94 bits per heavy atom. The van der Waals surface area contributed by atoms with Crippen molar-refractivity contribution in [1.29, 1.82) is 0 Å². The molecule has 4 rings (SSSR count). The number of esters is 1. The van der Waals surface area contributed by atoms with E-state index < -0.39 is 5.97 Å². The van der Waals surface area contributed by atoms with E-state index in [-0.39, 0.29) is 11.6 Å². The van der Waals surface area contributed by atoms with E-state index in [2.05, 4.69) is 20.9 Å². The molecule has 32 heavy (non-hydrogen) atoms. The third-order valence-corrected chi connectivity index (χ3v) is 5.49. The Bertz CT molecular complexity index is 1250. The highest BCUT2D eigenvalue weighted by Crippen LogP contribution is 2.38. The lowest BCUT2D eigenvalue weighted by atomic mass is 10.1. The van der Waals surface area contributed by atoms with E-state index in [9.17, 15) is 4.79 Å². The molecule has 0 amide bonds. The number of benzene rings is 3. The van der Waals surface area contributed by atoms with Gasteiger partial charge >= 0.3 is 5.97 Å². The summed E-state index contributed by atoms with van der Waals surface area (Å²) in [6.45, 7) is 2.38. The van der Waals surface area contributed by atoms with Gasteiger partial charge in [0.1, 0.15) is 6.61 Å². The van der Waals surface area contributed by atoms with E-state index in [0.717, 1.165) is 15.6 Å². The Labute approximate surface area is 199 Å². The summed E-state index contributed by atoms with van der Waals surface area (Å²) in [5, 5.41) is 0.367. The summed E-state index contributed by atoms with van der Waals surface area (Å²) in [6.07, 6.45) is 1.60. The summed E-state index contributed by atoms with van der Waals surface area (Å²) in [6, 6.07) is 18.8. The van der Waals surface area contributed by atoms with Crippen molar-refractivity contribution in [3.05, 3.63) is 98.1 Å². The van der Waals surface area contributed by atoms with Crippen LogP contribution in [0.15, 0.2) is 75.8 Å². The van der Waals surface area contributed by atoms with Crippen LogP contribution in [0.1, 0.15) is 22.3 Å². The number of hydrogen-bond donors (Lipinski definition) is 0. The van der Waals surface area contributed by atoms with Crippen molar-refractivity contribution in [3.8, 4) is 11.5 Å². The van der Waals surface area contributed by atoms with Crippen molar-refractivity contribution >= 4 is 45.5 Å². The summed E-state index contributed by atoms with van der Waals surface area (Å²) in [5.74, 6) is 0.610. The van der Waals surface area contributed by atoms with Crippen molar-refractivity contribution in [2.24, 2.45) is 4.99 Å². The fraction of sp³-hybridized carbons (Fsp3) is 0.120. The number of cyclic esters (lactones) is 1. The Morgan fingerprint density at radius 3 is 2.69 bits per heavy atom. The van der Waals surface area contributed by atoms with Crippen molar-refractivity contribution in [1.82, 2.24) is 0 Å². The van der Waals surface area contributed by atoms with Crippen LogP contribution in [0, 0.1) is 6.92 Å². The number of nitrogens with zero attached hydrogens (tertiary/aromatic N) is 1. The molecule has 0 atom stereocenters. The Hall–Kier alpha value is -3.09. The lowest BCUT2D eigenvalue weighted by Gasteiger charge is -2.13. The van der Waals surface area contributed by atoms with E-state index in [1.54, 1.807) is 18.2 Å². The second-order valence-electron chi connectivity index (χ2n) is 7.16. The monoisotopic (exact) mass is 511 g/mol. The number of halogens is 2. The molecule has 0 aromatic heterocycles. The first-order valence-corrected chi connectivity index (χ1v) is 10.9. The van der Waals surface area contributed by atoms with Gasteiger partial charge in [-0.3, -0.25) is 0 Å². The highest BCUT2D eigenvalue weighted by molar-refractivity contribution is 9.10. The molecular formula is C25H19BrClNO4. The van der Waals surface area contributed by atoms with Gasteiger partial charge in [-0.2, -0.15) is 0 Å². The summed E-state index contributed by atoms with van der Waals surface area (Å²) >= 11 is 9.89. The molecule has 0 saturated carbocycles. The molecule has 0 aliphatic carbocycles. The normalized spacial score (nSPS) is 14.3. The first-order chi connectivity index (χ1) is 15.4. The molecule has 0 radical (unpaired) electrons. The number of carbonyl (C=O) groups excluding carboxylic acids is 1. The fourth-order valence-electron chi connectivity index (χ4n) is 3.23. The minimum atomic E-state index is -0.533. The molecule has 0 saturated heterocycles. The van der Waals surface area contributed by atoms with Crippen LogP contribution < -0.4 is 9.47 Å². The summed E-state index contributed by atoms with van der Waals surface area (Å²) in [5.41, 5.74) is 3.69. The maximum atomic E-state index is 12.3. The predicted molar refractivity (Wildman–Crippen MR) is 128 cm³/mol. The molecule has 0 N–H and O–H groups in total. The van der Waals surface area contributed by atoms with Crippen LogP contribution in [0.2, 0.25) is 5.02 Å². The van der Waals surface area contributed by atoms with Crippen molar-refractivity contribution in [2.75, 3.05) is 7.11 Å². The van der Waals surface area contributed by atoms with Crippen molar-refractivity contribution in [3.63, 3.8) is 0 Å². The maximum absolute atomic E-state index is 12.3. The summed E-state index contributed by atoms with van der Waals surface area (Å²) in [4.78, 5) is 16.7. The zero-order chi connectivity index (χ0) is 22.7. The molecule has 7 heteroatoms. The Kier molecular flexibility index (Phi) is 6.63. The molecule has 3 aromatic carbocycles. The number of aryl methyl sites for hydroxylation is 1. The molecule has 0 bridgehead atoms. The highest BCUT2D eigenvalue weighted by atomic mass is 79.9. The molecule has 1 heterocycles. The maximum Gasteiger partial charge on any atom is 0.363 e. The molecule has 162 valence electrons. The van der Waals surface area contributed by atoms with Crippen LogP contribution in [-0.4, -0.2) is 19.0 Å². The van der Waals surface area contributed by atoms with Crippen molar-refractivity contribution in [2.45, 2.75) is 13.5 Å². The van der Waals surface area contributed by atoms with E-state index in [0.29, 0.717) is 34.3 Å². The molecule has 0 spiro atoms. The van der Waals surface area contributed by atoms with Gasteiger partial charge in [0, 0.05) is 10.0 Å². The third-order valence-electron chi connectivity index (χ3n) is 4.71. The second-order valence-corrected chi connectivity index (χ2v) is 8.48. The molecule has 1 aliphatic rings. The quantitative estimate of drug-likeness (QED) is 0.285. The lowest BCUT2D eigenvalue weighted by molar-refractivity contribution is -0.129. The minimum absolute atomic E-state index is 0.173. The van der Waals surface area contributed by atoms with E-state index in [1.165, 1.54) is 7.11 Å². The van der Waals surface area contributed by atoms with Gasteiger partial charge in [0.25, 0.3) is 0 Å². The number of hydrogen-bond acceptors (Lipinski definition) is 5. The molecular weight excluding hydrogens is 494 g/mol. The predicted octanol–water partition coefficient (Wildman–Crippen LogP) is 6.34. The molecule has 5 nitrogen and oxygen atoms in total. The van der Waals surface area contributed by atoms with Gasteiger partial charge in [-0.25, -0.2) is 9.79 Å². The molecule has 0 unspecified atom stereocenters. The van der Waals surface area contributed by atoms with Gasteiger partial charge in [0.05, 0.1) is 12.1 Å². The zero-order valence-corrected chi connectivity index (χ0v) is 19.7. The van der Waals surface area contributed by atoms with Crippen LogP contribution in [0.25, 0.3) is 6.08 Å². The first kappa shape index (κ1) is 22.1. The SMILES string of the molecule is COc1cc(/C=C2\N=C(c3cccc(Br)c3)OC2=O)cc(Cl)c1OCc1cccc(C)c1. The van der Waals surface area contributed by atoms with E-state index in [4.69, 9.17) is 25.8 Å². The highest BCUT2D eigenvalue weighted by Gasteiger charge is 2.24. The van der Waals surface area contributed by atoms with Gasteiger partial charge in [-0.15, -0.1) is 0 Å². The topological polar surface area (TPSA) is 57.1 Å². The smallest absolute Gasteiger partial charge is 0.363 e. The number of ether oxygens (including phenoxy) is 3. The number of methoxy groups -OCH3 is 1. The number of rotatable bonds is 6. The Balaban J connectivity index is 1.59. The summed E-state index contributed by atoms with van der Waals surface area (Å²) in [7, 11) is 1.54. The second kappa shape index (κ2) is 9.59. The van der Waals surface area contributed by atoms with Crippen molar-refractivity contribution < 1.29 is 19.0 Å². The van der Waals surface area contributed by atoms with Crippen LogP contribution in [0.3, 0.4) is 0 Å². The molecule has 3 aromatic rings. The minimum Gasteiger partial charge on any atom is -0.493 e. The van der Waals surface area contributed by atoms with Gasteiger partial charge in [0.2, 0.25) is 5.90 Å². The first-order valence-electron chi connectivity index (χ1n) is 9.77. The standard InChI is InChI=1S/C25H19BrClNO4/c1-15-5-3-6-16(9-15)14-31-23-20(27)10-17(12-22(23)30-2)11-21-25(29)32-24(28-21)18-7-4-8-19(26)13-18/h3-13H,14H2,1-2H3/b21-11-. The van der Waals surface area contributed by atoms with E-state index >= 15 is 0 Å². The fourth-order valence-corrected chi connectivity index (χ4v) is 3.91. The average Bonchev–Trinajstić information content (AvgIpc) is 3.13. The van der Waals surface area contributed by atoms with Gasteiger partial charge < -0.3 is 14.2 Å².